The molecule has 0 aliphatic heterocycles. The van der Waals surface area contributed by atoms with Gasteiger partial charge in [0.05, 0.1) is 12.3 Å². The number of hydrogen-bond donors (Lipinski definition) is 1. The van der Waals surface area contributed by atoms with Gasteiger partial charge >= 0.3 is 5.97 Å². The van der Waals surface area contributed by atoms with E-state index >= 15 is 0 Å². The second-order valence-corrected chi connectivity index (χ2v) is 4.94. The first-order valence-electron chi connectivity index (χ1n) is 7.64. The van der Waals surface area contributed by atoms with Crippen LogP contribution in [0.3, 0.4) is 0 Å². The largest absolute Gasteiger partial charge is 0.465 e. The predicted octanol–water partition coefficient (Wildman–Crippen LogP) is 1.90. The first-order valence-corrected chi connectivity index (χ1v) is 7.64. The van der Waals surface area contributed by atoms with Crippen molar-refractivity contribution in [3.05, 3.63) is 11.8 Å². The summed E-state index contributed by atoms with van der Waals surface area (Å²) in [5.74, 6) is -0.189. The van der Waals surface area contributed by atoms with E-state index < -0.39 is 5.97 Å². The number of anilines is 1. The quantitative estimate of drug-likeness (QED) is 0.527. The van der Waals surface area contributed by atoms with Crippen molar-refractivity contribution in [2.75, 3.05) is 25.1 Å². The highest BCUT2D eigenvalue weighted by Gasteiger charge is 2.12. The Kier molecular flexibility index (Phi) is 8.21. The van der Waals surface area contributed by atoms with Crippen LogP contribution in [0.15, 0.2) is 6.07 Å². The Morgan fingerprint density at radius 2 is 2.09 bits per heavy atom. The van der Waals surface area contributed by atoms with Gasteiger partial charge in [-0.05, 0) is 20.3 Å². The third kappa shape index (κ3) is 6.71. The van der Waals surface area contributed by atoms with Gasteiger partial charge in [-0.25, -0.2) is 4.68 Å². The number of rotatable bonds is 10. The van der Waals surface area contributed by atoms with Crippen LogP contribution < -0.4 is 5.32 Å². The number of hydrogen-bond acceptors (Lipinski definition) is 5. The highest BCUT2D eigenvalue weighted by atomic mass is 16.5. The van der Waals surface area contributed by atoms with E-state index in [2.05, 4.69) is 17.3 Å². The van der Waals surface area contributed by atoms with Crippen LogP contribution >= 0.6 is 0 Å². The molecule has 0 spiro atoms. The molecule has 1 aromatic heterocycles. The van der Waals surface area contributed by atoms with Gasteiger partial charge in [0.15, 0.2) is 0 Å². The molecule has 1 rings (SSSR count). The minimum absolute atomic E-state index is 0.00660. The normalized spacial score (nSPS) is 10.5. The molecule has 124 valence electrons. The molecule has 0 radical (unpaired) electrons. The van der Waals surface area contributed by atoms with Crippen molar-refractivity contribution in [2.24, 2.45) is 0 Å². The first kappa shape index (κ1) is 18.2. The topological polar surface area (TPSA) is 82.5 Å². The van der Waals surface area contributed by atoms with Crippen LogP contribution in [0.4, 0.5) is 5.82 Å². The lowest BCUT2D eigenvalue weighted by Crippen LogP contribution is -2.22. The van der Waals surface area contributed by atoms with Crippen molar-refractivity contribution in [3.8, 4) is 0 Å². The lowest BCUT2D eigenvalue weighted by atomic mass is 10.3. The van der Waals surface area contributed by atoms with Crippen LogP contribution in [-0.2, 0) is 25.6 Å². The van der Waals surface area contributed by atoms with Crippen LogP contribution in [0, 0.1) is 6.92 Å². The smallest absolute Gasteiger partial charge is 0.327 e. The SMILES string of the molecule is CCCCCOCC(=O)Nc1cc(C)nn1CC(=O)OCC. The summed E-state index contributed by atoms with van der Waals surface area (Å²) >= 11 is 0. The van der Waals surface area contributed by atoms with E-state index in [0.29, 0.717) is 24.7 Å². The Morgan fingerprint density at radius 1 is 1.32 bits per heavy atom. The number of ether oxygens (including phenoxy) is 2. The third-order valence-corrected chi connectivity index (χ3v) is 2.88. The van der Waals surface area contributed by atoms with E-state index in [-0.39, 0.29) is 19.1 Å². The molecule has 0 fully saturated rings. The van der Waals surface area contributed by atoms with Gasteiger partial charge in [0.25, 0.3) is 5.91 Å². The summed E-state index contributed by atoms with van der Waals surface area (Å²) in [6.07, 6.45) is 3.15. The molecule has 0 unspecified atom stereocenters. The summed E-state index contributed by atoms with van der Waals surface area (Å²) in [6, 6.07) is 1.70. The van der Waals surface area contributed by atoms with Gasteiger partial charge in [0.2, 0.25) is 0 Å². The van der Waals surface area contributed by atoms with Crippen LogP contribution in [-0.4, -0.2) is 41.5 Å². The van der Waals surface area contributed by atoms with Gasteiger partial charge in [-0.2, -0.15) is 5.10 Å². The van der Waals surface area contributed by atoms with Crippen molar-refractivity contribution in [3.63, 3.8) is 0 Å². The number of unbranched alkanes of at least 4 members (excludes halogenated alkanes) is 2. The standard InChI is InChI=1S/C15H25N3O4/c1-4-6-7-8-21-11-14(19)16-13-9-12(3)17-18(13)10-15(20)22-5-2/h9H,4-8,10-11H2,1-3H3,(H,16,19). The predicted molar refractivity (Wildman–Crippen MR) is 82.6 cm³/mol. The monoisotopic (exact) mass is 311 g/mol. The van der Waals surface area contributed by atoms with Crippen LogP contribution in [0.5, 0.6) is 0 Å². The van der Waals surface area contributed by atoms with Crippen molar-refractivity contribution in [2.45, 2.75) is 46.6 Å². The number of esters is 1. The summed E-state index contributed by atoms with van der Waals surface area (Å²) in [7, 11) is 0. The number of nitrogens with one attached hydrogen (secondary N) is 1. The molecule has 1 aromatic rings. The van der Waals surface area contributed by atoms with Crippen molar-refractivity contribution in [1.29, 1.82) is 0 Å². The van der Waals surface area contributed by atoms with E-state index in [1.54, 1.807) is 19.9 Å². The van der Waals surface area contributed by atoms with Crippen LogP contribution in [0.2, 0.25) is 0 Å². The zero-order chi connectivity index (χ0) is 16.4. The fraction of sp³-hybridized carbons (Fsp3) is 0.667. The van der Waals surface area contributed by atoms with E-state index in [1.807, 2.05) is 0 Å². The van der Waals surface area contributed by atoms with Crippen LogP contribution in [0.1, 0.15) is 38.8 Å². The van der Waals surface area contributed by atoms with E-state index in [9.17, 15) is 9.59 Å². The summed E-state index contributed by atoms with van der Waals surface area (Å²) < 4.78 is 11.6. The zero-order valence-electron chi connectivity index (χ0n) is 13.6. The maximum absolute atomic E-state index is 11.8. The molecular formula is C15H25N3O4. The van der Waals surface area contributed by atoms with Gasteiger partial charge < -0.3 is 14.8 Å². The molecule has 0 aliphatic rings. The molecule has 7 heteroatoms. The third-order valence-electron chi connectivity index (χ3n) is 2.88. The Hall–Kier alpha value is -1.89. The fourth-order valence-electron chi connectivity index (χ4n) is 1.89. The van der Waals surface area contributed by atoms with Crippen LogP contribution in [0.25, 0.3) is 0 Å². The molecular weight excluding hydrogens is 286 g/mol. The highest BCUT2D eigenvalue weighted by Crippen LogP contribution is 2.10. The number of carbonyl (C=O) groups excluding carboxylic acids is 2. The van der Waals surface area contributed by atoms with Gasteiger partial charge in [-0.1, -0.05) is 19.8 Å². The highest BCUT2D eigenvalue weighted by molar-refractivity contribution is 5.91. The minimum atomic E-state index is -0.392. The molecule has 0 saturated carbocycles. The Balaban J connectivity index is 2.47. The summed E-state index contributed by atoms with van der Waals surface area (Å²) in [5.41, 5.74) is 0.712. The van der Waals surface area contributed by atoms with E-state index in [4.69, 9.17) is 9.47 Å². The molecule has 0 aliphatic carbocycles. The van der Waals surface area contributed by atoms with Gasteiger partial charge in [0.1, 0.15) is 19.0 Å². The average molecular weight is 311 g/mol. The Labute approximate surface area is 131 Å². The molecule has 1 heterocycles. The number of aromatic nitrogens is 2. The molecule has 22 heavy (non-hydrogen) atoms. The number of carbonyl (C=O) groups is 2. The van der Waals surface area contributed by atoms with Gasteiger partial charge in [0, 0.05) is 12.7 Å². The number of nitrogens with zero attached hydrogens (tertiary/aromatic N) is 2. The first-order chi connectivity index (χ1) is 10.6. The van der Waals surface area contributed by atoms with E-state index in [0.717, 1.165) is 19.3 Å². The van der Waals surface area contributed by atoms with Gasteiger partial charge in [-0.15, -0.1) is 0 Å². The summed E-state index contributed by atoms with van der Waals surface area (Å²) in [6.45, 7) is 6.49. The van der Waals surface area contributed by atoms with E-state index in [1.165, 1.54) is 4.68 Å². The van der Waals surface area contributed by atoms with Crippen molar-refractivity contribution in [1.82, 2.24) is 9.78 Å². The molecule has 0 bridgehead atoms. The van der Waals surface area contributed by atoms with Gasteiger partial charge in [-0.3, -0.25) is 9.59 Å². The summed E-state index contributed by atoms with van der Waals surface area (Å²) in [4.78, 5) is 23.3. The lowest BCUT2D eigenvalue weighted by Gasteiger charge is -2.09. The molecule has 0 saturated heterocycles. The zero-order valence-corrected chi connectivity index (χ0v) is 13.6. The molecule has 0 aromatic carbocycles. The summed E-state index contributed by atoms with van der Waals surface area (Å²) in [5, 5.41) is 6.87. The molecule has 1 amide bonds. The molecule has 0 atom stereocenters. The fourth-order valence-corrected chi connectivity index (χ4v) is 1.89. The average Bonchev–Trinajstić information content (AvgIpc) is 2.78. The Bertz CT molecular complexity index is 485. The number of aryl methyl sites for hydroxylation is 1. The maximum Gasteiger partial charge on any atom is 0.327 e. The Morgan fingerprint density at radius 3 is 2.77 bits per heavy atom. The maximum atomic E-state index is 11.8. The number of amides is 1. The molecule has 1 N–H and O–H groups in total. The minimum Gasteiger partial charge on any atom is -0.465 e. The van der Waals surface area contributed by atoms with Crippen molar-refractivity contribution < 1.29 is 19.1 Å². The second-order valence-electron chi connectivity index (χ2n) is 4.94. The lowest BCUT2D eigenvalue weighted by molar-refractivity contribution is -0.144. The van der Waals surface area contributed by atoms with Crippen molar-refractivity contribution >= 4 is 17.7 Å². The second kappa shape index (κ2) is 9.94. The molecule has 7 nitrogen and oxygen atoms in total.